The lowest BCUT2D eigenvalue weighted by atomic mass is 10.0. The Morgan fingerprint density at radius 2 is 1.87 bits per heavy atom. The van der Waals surface area contributed by atoms with E-state index in [0.29, 0.717) is 17.0 Å². The summed E-state index contributed by atoms with van der Waals surface area (Å²) in [6.45, 7) is 19.7. The van der Waals surface area contributed by atoms with Gasteiger partial charge in [0.05, 0.1) is 12.3 Å². The van der Waals surface area contributed by atoms with E-state index >= 15 is 0 Å². The summed E-state index contributed by atoms with van der Waals surface area (Å²) in [5, 5.41) is 17.8. The lowest BCUT2D eigenvalue weighted by Crippen LogP contribution is -2.45. The number of fused-ring (bicyclic) bond motifs is 1. The zero-order valence-electron chi connectivity index (χ0n) is 23.9. The van der Waals surface area contributed by atoms with Gasteiger partial charge in [0.1, 0.15) is 35.8 Å². The number of rotatable bonds is 5. The Morgan fingerprint density at radius 1 is 1.18 bits per heavy atom. The molecule has 2 saturated heterocycles. The van der Waals surface area contributed by atoms with Crippen LogP contribution in [-0.2, 0) is 23.4 Å². The summed E-state index contributed by atoms with van der Waals surface area (Å²) in [4.78, 5) is 16.6. The molecule has 4 heterocycles. The Balaban J connectivity index is 1.49. The van der Waals surface area contributed by atoms with E-state index in [9.17, 15) is 9.90 Å². The van der Waals surface area contributed by atoms with E-state index < -0.39 is 55.3 Å². The van der Waals surface area contributed by atoms with Gasteiger partial charge in [0.25, 0.3) is 0 Å². The Morgan fingerprint density at radius 3 is 2.47 bits per heavy atom. The van der Waals surface area contributed by atoms with Crippen molar-refractivity contribution in [2.75, 3.05) is 11.9 Å². The molecule has 11 nitrogen and oxygen atoms in total. The minimum Gasteiger partial charge on any atom is -0.444 e. The van der Waals surface area contributed by atoms with E-state index in [-0.39, 0.29) is 11.6 Å². The summed E-state index contributed by atoms with van der Waals surface area (Å²) in [6.07, 6.45) is -0.869. The highest BCUT2D eigenvalue weighted by Gasteiger charge is 2.93. The van der Waals surface area contributed by atoms with Crippen molar-refractivity contribution in [3.8, 4) is 0 Å². The van der Waals surface area contributed by atoms with Crippen molar-refractivity contribution >= 4 is 25.7 Å². The van der Waals surface area contributed by atoms with Crippen molar-refractivity contribution in [2.45, 2.75) is 114 Å². The van der Waals surface area contributed by atoms with Crippen molar-refractivity contribution < 1.29 is 33.3 Å². The highest BCUT2D eigenvalue weighted by atomic mass is 28.4. The number of hydrogen-bond donors (Lipinski definition) is 2. The van der Waals surface area contributed by atoms with Crippen molar-refractivity contribution in [1.29, 1.82) is 0 Å². The van der Waals surface area contributed by atoms with Gasteiger partial charge >= 0.3 is 6.09 Å². The van der Waals surface area contributed by atoms with Crippen LogP contribution < -0.4 is 5.32 Å². The van der Waals surface area contributed by atoms with Gasteiger partial charge in [-0.15, -0.1) is 0 Å². The molecular formula is C26H40N4O7Si. The molecule has 2 aromatic rings. The number of aromatic nitrogens is 3. The first-order valence-electron chi connectivity index (χ1n) is 13.0. The second-order valence-electron chi connectivity index (χ2n) is 13.5. The molecule has 2 aliphatic heterocycles. The molecule has 3 aliphatic rings. The van der Waals surface area contributed by atoms with Crippen LogP contribution in [0.2, 0.25) is 18.1 Å². The maximum atomic E-state index is 12.4. The zero-order valence-corrected chi connectivity index (χ0v) is 24.9. The average Bonchev–Trinajstić information content (AvgIpc) is 3.12. The quantitative estimate of drug-likeness (QED) is 0.529. The minimum atomic E-state index is -2.22. The lowest BCUT2D eigenvalue weighted by Gasteiger charge is -2.38. The summed E-state index contributed by atoms with van der Waals surface area (Å²) >= 11 is 0. The number of amides is 1. The molecule has 2 N–H and O–H groups in total. The molecule has 1 saturated carbocycles. The van der Waals surface area contributed by atoms with Crippen LogP contribution in [0.4, 0.5) is 10.6 Å². The monoisotopic (exact) mass is 548 g/mol. The number of nitrogens with one attached hydrogen (secondary N) is 1. The smallest absolute Gasteiger partial charge is 0.413 e. The number of ether oxygens (including phenoxy) is 4. The highest BCUT2D eigenvalue weighted by Crippen LogP contribution is 2.72. The number of hydrogen-bond acceptors (Lipinski definition) is 9. The van der Waals surface area contributed by atoms with Gasteiger partial charge in [0.15, 0.2) is 31.1 Å². The SMILES string of the molecule is CC(C)(C)OC(=O)Nc1ncnn2c([C@@H]3O[C@]4(CO)C(O[Si](C)(C)C(C)(C)C)[C@@]45OC(C)(C)O[C@@H]35)ccc12. The van der Waals surface area contributed by atoms with E-state index in [0.717, 1.165) is 0 Å². The molecule has 0 aromatic carbocycles. The van der Waals surface area contributed by atoms with Gasteiger partial charge in [-0.2, -0.15) is 5.10 Å². The number of aliphatic hydroxyl groups is 1. The van der Waals surface area contributed by atoms with Gasteiger partial charge < -0.3 is 28.5 Å². The van der Waals surface area contributed by atoms with Gasteiger partial charge in [-0.05, 0) is 64.9 Å². The first-order chi connectivity index (χ1) is 17.4. The molecule has 1 spiro atoms. The molecule has 0 bridgehead atoms. The summed E-state index contributed by atoms with van der Waals surface area (Å²) in [5.41, 5.74) is -1.43. The fraction of sp³-hybridized carbons (Fsp3) is 0.731. The Labute approximate surface area is 224 Å². The van der Waals surface area contributed by atoms with Crippen molar-refractivity contribution in [2.24, 2.45) is 0 Å². The van der Waals surface area contributed by atoms with Gasteiger partial charge in [-0.1, -0.05) is 20.8 Å². The number of nitrogens with zero attached hydrogens (tertiary/aromatic N) is 3. The summed E-state index contributed by atoms with van der Waals surface area (Å²) in [7, 11) is -2.22. The fourth-order valence-corrected chi connectivity index (χ4v) is 6.70. The number of aliphatic hydroxyl groups excluding tert-OH is 1. The van der Waals surface area contributed by atoms with Crippen LogP contribution >= 0.6 is 0 Å². The normalized spacial score (nSPS) is 32.2. The van der Waals surface area contributed by atoms with Crippen molar-refractivity contribution in [3.05, 3.63) is 24.2 Å². The van der Waals surface area contributed by atoms with Crippen LogP contribution in [-0.4, -0.2) is 75.5 Å². The third-order valence-corrected chi connectivity index (χ3v) is 12.5. The zero-order chi connectivity index (χ0) is 28.1. The average molecular weight is 549 g/mol. The summed E-state index contributed by atoms with van der Waals surface area (Å²) in [5.74, 6) is -0.595. The molecular weight excluding hydrogens is 508 g/mol. The van der Waals surface area contributed by atoms with Gasteiger partial charge in [0.2, 0.25) is 0 Å². The predicted molar refractivity (Wildman–Crippen MR) is 141 cm³/mol. The first kappa shape index (κ1) is 27.5. The van der Waals surface area contributed by atoms with Crippen LogP contribution in [0.25, 0.3) is 5.52 Å². The fourth-order valence-electron chi connectivity index (χ4n) is 5.39. The maximum absolute atomic E-state index is 12.4. The van der Waals surface area contributed by atoms with Crippen LogP contribution in [0, 0.1) is 0 Å². The Kier molecular flexibility index (Phi) is 5.94. The van der Waals surface area contributed by atoms with Gasteiger partial charge in [-0.25, -0.2) is 14.3 Å². The third-order valence-electron chi connectivity index (χ3n) is 8.10. The molecule has 3 fully saturated rings. The Bertz CT molecular complexity index is 1270. The number of carbonyl (C=O) groups excluding carboxylic acids is 1. The van der Waals surface area contributed by atoms with E-state index in [1.165, 1.54) is 6.33 Å². The van der Waals surface area contributed by atoms with Crippen LogP contribution in [0.3, 0.4) is 0 Å². The molecule has 1 aliphatic carbocycles. The number of anilines is 1. The van der Waals surface area contributed by atoms with Crippen LogP contribution in [0.1, 0.15) is 67.2 Å². The first-order valence-corrected chi connectivity index (χ1v) is 16.0. The molecule has 1 unspecified atom stereocenters. The second kappa shape index (κ2) is 8.21. The standard InChI is InChI=1S/C26H40N4O7Si/c1-22(2,3)35-21(32)29-19-16-12-11-15(30(16)28-14-27-19)17-18-26(37-24(7,8)34-18)20(25(26,13-31)33-17)36-38(9,10)23(4,5)6/h11-12,14,17-18,20,31H,13H2,1-10H3,(H,27,28,29,32)/t17-,18-,20?,25+,26+/m0/s1. The van der Waals surface area contributed by atoms with E-state index in [1.54, 1.807) is 31.4 Å². The van der Waals surface area contributed by atoms with Crippen molar-refractivity contribution in [3.63, 3.8) is 0 Å². The summed E-state index contributed by atoms with van der Waals surface area (Å²) < 4.78 is 33.4. The van der Waals surface area contributed by atoms with Crippen LogP contribution in [0.5, 0.6) is 0 Å². The molecule has 0 radical (unpaired) electrons. The molecule has 5 rings (SSSR count). The van der Waals surface area contributed by atoms with Crippen molar-refractivity contribution in [1.82, 2.24) is 14.6 Å². The van der Waals surface area contributed by atoms with Crippen LogP contribution in [0.15, 0.2) is 18.5 Å². The number of carbonyl (C=O) groups is 1. The molecule has 210 valence electrons. The van der Waals surface area contributed by atoms with E-state index in [2.05, 4.69) is 49.3 Å². The molecule has 2 aromatic heterocycles. The van der Waals surface area contributed by atoms with Gasteiger partial charge in [0, 0.05) is 0 Å². The topological polar surface area (TPSA) is 126 Å². The second-order valence-corrected chi connectivity index (χ2v) is 18.2. The lowest BCUT2D eigenvalue weighted by molar-refractivity contribution is -0.192. The molecule has 5 atom stereocenters. The predicted octanol–water partition coefficient (Wildman–Crippen LogP) is 4.17. The Hall–Kier alpha value is -2.09. The summed E-state index contributed by atoms with van der Waals surface area (Å²) in [6, 6.07) is 3.66. The van der Waals surface area contributed by atoms with Gasteiger partial charge in [-0.3, -0.25) is 5.32 Å². The maximum Gasteiger partial charge on any atom is 0.413 e. The van der Waals surface area contributed by atoms with E-state index in [4.69, 9.17) is 23.4 Å². The molecule has 38 heavy (non-hydrogen) atoms. The largest absolute Gasteiger partial charge is 0.444 e. The minimum absolute atomic E-state index is 0.0345. The molecule has 1 amide bonds. The van der Waals surface area contributed by atoms with E-state index in [1.807, 2.05) is 19.9 Å². The third kappa shape index (κ3) is 3.99. The molecule has 12 heteroatoms. The highest BCUT2D eigenvalue weighted by molar-refractivity contribution is 6.74.